The van der Waals surface area contributed by atoms with Gasteiger partial charge in [0.2, 0.25) is 0 Å². The first kappa shape index (κ1) is 11.9. The third-order valence-electron chi connectivity index (χ3n) is 3.08. The summed E-state index contributed by atoms with van der Waals surface area (Å²) in [6.07, 6.45) is 2.12. The quantitative estimate of drug-likeness (QED) is 0.843. The molecule has 0 bridgehead atoms. The number of rotatable bonds is 3. The van der Waals surface area contributed by atoms with Crippen LogP contribution in [-0.2, 0) is 4.74 Å². The monoisotopic (exact) mass is 235 g/mol. The number of anilines is 1. The Morgan fingerprint density at radius 2 is 2.35 bits per heavy atom. The standard InChI is InChI=1S/C13H17NO3/c1-9-11(13(15)16)5-2-6-12(9)14-10-4-3-7-17-8-10/h2,5-6,10,14H,3-4,7-8H2,1H3,(H,15,16). The predicted octanol–water partition coefficient (Wildman–Crippen LogP) is 2.28. The number of ether oxygens (including phenoxy) is 1. The zero-order valence-corrected chi connectivity index (χ0v) is 9.90. The molecule has 0 aromatic heterocycles. The van der Waals surface area contributed by atoms with Crippen LogP contribution in [-0.4, -0.2) is 30.3 Å². The number of aromatic carboxylic acids is 1. The van der Waals surface area contributed by atoms with Gasteiger partial charge in [0.25, 0.3) is 0 Å². The smallest absolute Gasteiger partial charge is 0.336 e. The summed E-state index contributed by atoms with van der Waals surface area (Å²) in [4.78, 5) is 11.0. The summed E-state index contributed by atoms with van der Waals surface area (Å²) in [6, 6.07) is 5.59. The van der Waals surface area contributed by atoms with E-state index in [1.54, 1.807) is 12.1 Å². The fourth-order valence-electron chi connectivity index (χ4n) is 2.10. The molecule has 17 heavy (non-hydrogen) atoms. The largest absolute Gasteiger partial charge is 0.478 e. The molecule has 0 amide bonds. The summed E-state index contributed by atoms with van der Waals surface area (Å²) in [5.74, 6) is -0.883. The van der Waals surface area contributed by atoms with Crippen molar-refractivity contribution in [3.8, 4) is 0 Å². The van der Waals surface area contributed by atoms with Crippen molar-refractivity contribution in [3.05, 3.63) is 29.3 Å². The van der Waals surface area contributed by atoms with Crippen molar-refractivity contribution < 1.29 is 14.6 Å². The Kier molecular flexibility index (Phi) is 3.64. The summed E-state index contributed by atoms with van der Waals surface area (Å²) in [7, 11) is 0. The number of carbonyl (C=O) groups is 1. The first-order chi connectivity index (χ1) is 8.18. The van der Waals surface area contributed by atoms with Gasteiger partial charge in [-0.2, -0.15) is 0 Å². The Labute approximate surface area is 101 Å². The van der Waals surface area contributed by atoms with Gasteiger partial charge in [-0.1, -0.05) is 6.07 Å². The van der Waals surface area contributed by atoms with Gasteiger partial charge >= 0.3 is 5.97 Å². The van der Waals surface area contributed by atoms with Gasteiger partial charge in [-0.3, -0.25) is 0 Å². The number of nitrogens with one attached hydrogen (secondary N) is 1. The first-order valence-corrected chi connectivity index (χ1v) is 5.85. The molecule has 0 saturated carbocycles. The number of carboxylic acids is 1. The van der Waals surface area contributed by atoms with E-state index in [4.69, 9.17) is 9.84 Å². The molecule has 1 aliphatic rings. The molecule has 1 fully saturated rings. The number of carboxylic acid groups (broad SMARTS) is 1. The molecule has 1 aromatic carbocycles. The van der Waals surface area contributed by atoms with E-state index in [2.05, 4.69) is 5.32 Å². The summed E-state index contributed by atoms with van der Waals surface area (Å²) >= 11 is 0. The molecular weight excluding hydrogens is 218 g/mol. The van der Waals surface area contributed by atoms with Gasteiger partial charge in [-0.25, -0.2) is 4.79 Å². The van der Waals surface area contributed by atoms with Crippen molar-refractivity contribution in [3.63, 3.8) is 0 Å². The zero-order chi connectivity index (χ0) is 12.3. The van der Waals surface area contributed by atoms with Crippen molar-refractivity contribution in [1.82, 2.24) is 0 Å². The van der Waals surface area contributed by atoms with E-state index in [1.807, 2.05) is 13.0 Å². The van der Waals surface area contributed by atoms with Crippen molar-refractivity contribution in [1.29, 1.82) is 0 Å². The van der Waals surface area contributed by atoms with Crippen LogP contribution in [0, 0.1) is 6.92 Å². The number of hydrogen-bond acceptors (Lipinski definition) is 3. The fraction of sp³-hybridized carbons (Fsp3) is 0.462. The van der Waals surface area contributed by atoms with Crippen molar-refractivity contribution >= 4 is 11.7 Å². The Hall–Kier alpha value is -1.55. The Morgan fingerprint density at radius 3 is 3.00 bits per heavy atom. The highest BCUT2D eigenvalue weighted by Gasteiger charge is 2.16. The molecule has 0 aliphatic carbocycles. The van der Waals surface area contributed by atoms with Crippen LogP contribution in [0.25, 0.3) is 0 Å². The molecule has 1 heterocycles. The van der Waals surface area contributed by atoms with E-state index in [0.717, 1.165) is 30.7 Å². The lowest BCUT2D eigenvalue weighted by Gasteiger charge is -2.25. The van der Waals surface area contributed by atoms with E-state index in [-0.39, 0.29) is 6.04 Å². The van der Waals surface area contributed by atoms with Gasteiger partial charge < -0.3 is 15.2 Å². The third-order valence-corrected chi connectivity index (χ3v) is 3.08. The van der Waals surface area contributed by atoms with Gasteiger partial charge in [0.05, 0.1) is 12.2 Å². The molecule has 92 valence electrons. The Morgan fingerprint density at radius 1 is 1.53 bits per heavy atom. The van der Waals surface area contributed by atoms with Gasteiger partial charge in [-0.05, 0) is 37.5 Å². The molecule has 1 aliphatic heterocycles. The first-order valence-electron chi connectivity index (χ1n) is 5.85. The SMILES string of the molecule is Cc1c(NC2CCCOC2)cccc1C(=O)O. The predicted molar refractivity (Wildman–Crippen MR) is 65.6 cm³/mol. The third kappa shape index (κ3) is 2.77. The fourth-order valence-corrected chi connectivity index (χ4v) is 2.10. The van der Waals surface area contributed by atoms with Crippen molar-refractivity contribution in [2.45, 2.75) is 25.8 Å². The summed E-state index contributed by atoms with van der Waals surface area (Å²) in [6.45, 7) is 3.35. The lowest BCUT2D eigenvalue weighted by atomic mass is 10.0. The molecular formula is C13H17NO3. The maximum Gasteiger partial charge on any atom is 0.336 e. The van der Waals surface area contributed by atoms with Crippen LogP contribution in [0.3, 0.4) is 0 Å². The van der Waals surface area contributed by atoms with Gasteiger partial charge in [-0.15, -0.1) is 0 Å². The van der Waals surface area contributed by atoms with Crippen LogP contribution in [0.2, 0.25) is 0 Å². The second-order valence-corrected chi connectivity index (χ2v) is 4.34. The molecule has 2 rings (SSSR count). The highest BCUT2D eigenvalue weighted by atomic mass is 16.5. The maximum atomic E-state index is 11.0. The number of benzene rings is 1. The van der Waals surface area contributed by atoms with Crippen LogP contribution >= 0.6 is 0 Å². The van der Waals surface area contributed by atoms with E-state index in [0.29, 0.717) is 12.2 Å². The Balaban J connectivity index is 2.15. The van der Waals surface area contributed by atoms with Crippen molar-refractivity contribution in [2.75, 3.05) is 18.5 Å². The second-order valence-electron chi connectivity index (χ2n) is 4.34. The Bertz CT molecular complexity index is 411. The molecule has 1 aromatic rings. The maximum absolute atomic E-state index is 11.0. The van der Waals surface area contributed by atoms with Crippen molar-refractivity contribution in [2.24, 2.45) is 0 Å². The van der Waals surface area contributed by atoms with Gasteiger partial charge in [0.15, 0.2) is 0 Å². The van der Waals surface area contributed by atoms with Gasteiger partial charge in [0.1, 0.15) is 0 Å². The molecule has 1 saturated heterocycles. The molecule has 1 unspecified atom stereocenters. The highest BCUT2D eigenvalue weighted by Crippen LogP contribution is 2.21. The minimum Gasteiger partial charge on any atom is -0.478 e. The molecule has 2 N–H and O–H groups in total. The molecule has 4 heteroatoms. The van der Waals surface area contributed by atoms with Crippen LogP contribution in [0.4, 0.5) is 5.69 Å². The molecule has 0 radical (unpaired) electrons. The second kappa shape index (κ2) is 5.19. The minimum atomic E-state index is -0.883. The lowest BCUT2D eigenvalue weighted by molar-refractivity contribution is 0.0696. The summed E-state index contributed by atoms with van der Waals surface area (Å²) < 4.78 is 5.39. The number of hydrogen-bond donors (Lipinski definition) is 2. The zero-order valence-electron chi connectivity index (χ0n) is 9.90. The summed E-state index contributed by atoms with van der Waals surface area (Å²) in [5, 5.41) is 12.4. The lowest BCUT2D eigenvalue weighted by Crippen LogP contribution is -2.30. The van der Waals surface area contributed by atoms with Crippen LogP contribution in [0.1, 0.15) is 28.8 Å². The van der Waals surface area contributed by atoms with Crippen LogP contribution in [0.15, 0.2) is 18.2 Å². The average molecular weight is 235 g/mol. The molecule has 4 nitrogen and oxygen atoms in total. The van der Waals surface area contributed by atoms with Gasteiger partial charge in [0, 0.05) is 18.3 Å². The minimum absolute atomic E-state index is 0.284. The highest BCUT2D eigenvalue weighted by molar-refractivity contribution is 5.91. The molecule has 0 spiro atoms. The average Bonchev–Trinajstić information content (AvgIpc) is 2.33. The molecule has 1 atom stereocenters. The summed E-state index contributed by atoms with van der Waals surface area (Å²) in [5.41, 5.74) is 2.03. The topological polar surface area (TPSA) is 58.6 Å². The van der Waals surface area contributed by atoms with E-state index < -0.39 is 5.97 Å². The van der Waals surface area contributed by atoms with Crippen LogP contribution in [0.5, 0.6) is 0 Å². The normalized spacial score (nSPS) is 19.9. The van der Waals surface area contributed by atoms with E-state index >= 15 is 0 Å². The van der Waals surface area contributed by atoms with Crippen LogP contribution < -0.4 is 5.32 Å². The van der Waals surface area contributed by atoms with E-state index in [9.17, 15) is 4.79 Å². The van der Waals surface area contributed by atoms with E-state index in [1.165, 1.54) is 0 Å².